The van der Waals surface area contributed by atoms with Gasteiger partial charge in [-0.15, -0.1) is 0 Å². The van der Waals surface area contributed by atoms with Gasteiger partial charge < -0.3 is 34.3 Å². The van der Waals surface area contributed by atoms with E-state index in [-0.39, 0.29) is 36.7 Å². The first-order valence-electron chi connectivity index (χ1n) is 26.9. The highest BCUT2D eigenvalue weighted by molar-refractivity contribution is 5.76. The average Bonchev–Trinajstić information content (AvgIpc) is 3.93. The number of allylic oxidation sites excluding steroid dienone is 1. The number of alkyl carbamates (subject to hydrolysis) is 1. The van der Waals surface area contributed by atoms with Gasteiger partial charge in [-0.1, -0.05) is 127 Å². The quantitative estimate of drug-likeness (QED) is 0.0858. The second-order valence-electron chi connectivity index (χ2n) is 22.7. The summed E-state index contributed by atoms with van der Waals surface area (Å²) in [6.07, 6.45) is 17.7. The molecule has 376 valence electrons. The van der Waals surface area contributed by atoms with Crippen LogP contribution in [0.3, 0.4) is 0 Å². The van der Waals surface area contributed by atoms with Crippen LogP contribution in [0.1, 0.15) is 148 Å². The molecule has 8 rings (SSSR count). The lowest BCUT2D eigenvalue weighted by Gasteiger charge is -2.58. The van der Waals surface area contributed by atoms with Gasteiger partial charge in [0.2, 0.25) is 5.91 Å². The monoisotopic (exact) mass is 945 g/mol. The molecule has 5 aliphatic rings. The van der Waals surface area contributed by atoms with E-state index in [2.05, 4.69) is 46.0 Å². The van der Waals surface area contributed by atoms with Crippen LogP contribution in [-0.4, -0.2) is 68.1 Å². The van der Waals surface area contributed by atoms with Gasteiger partial charge in [0.15, 0.2) is 0 Å². The normalized spacial score (nSPS) is 29.8. The van der Waals surface area contributed by atoms with Gasteiger partial charge in [-0.25, -0.2) is 4.79 Å². The minimum atomic E-state index is -1.07. The number of carbonyl (C=O) groups excluding carboxylic acids is 2. The maximum atomic E-state index is 13.8. The van der Waals surface area contributed by atoms with E-state index in [1.54, 1.807) is 24.7 Å². The van der Waals surface area contributed by atoms with Crippen molar-refractivity contribution in [3.8, 4) is 11.5 Å². The van der Waals surface area contributed by atoms with E-state index < -0.39 is 17.6 Å². The van der Waals surface area contributed by atoms with Crippen LogP contribution >= 0.6 is 0 Å². The number of hydrogen-bond acceptors (Lipinski definition) is 7. The molecular formula is C60H84N2O7. The first kappa shape index (κ1) is 51.0. The van der Waals surface area contributed by atoms with Crippen molar-refractivity contribution < 1.29 is 33.6 Å². The molecule has 0 aromatic heterocycles. The van der Waals surface area contributed by atoms with E-state index in [0.29, 0.717) is 31.3 Å². The van der Waals surface area contributed by atoms with E-state index in [0.717, 1.165) is 95.8 Å². The molecule has 3 saturated carbocycles. The summed E-state index contributed by atoms with van der Waals surface area (Å²) >= 11 is 0. The van der Waals surface area contributed by atoms with Crippen molar-refractivity contribution in [3.63, 3.8) is 0 Å². The zero-order chi connectivity index (χ0) is 48.8. The fraction of sp³-hybridized carbons (Fsp3) is 0.633. The summed E-state index contributed by atoms with van der Waals surface area (Å²) in [5.41, 5.74) is 3.92. The van der Waals surface area contributed by atoms with Crippen molar-refractivity contribution in [2.24, 2.45) is 52.3 Å². The Morgan fingerprint density at radius 3 is 2.22 bits per heavy atom. The Balaban J connectivity index is 0.804. The van der Waals surface area contributed by atoms with Crippen LogP contribution < -0.4 is 14.8 Å². The van der Waals surface area contributed by atoms with E-state index in [9.17, 15) is 14.7 Å². The number of nitrogens with one attached hydrogen (secondary N) is 1. The number of ether oxygens (including phenoxy) is 4. The summed E-state index contributed by atoms with van der Waals surface area (Å²) in [5.74, 6) is 5.93. The molecule has 0 spiro atoms. The number of likely N-dealkylation sites (tertiary alicyclic amines) is 1. The zero-order valence-electron chi connectivity index (χ0n) is 43.1. The van der Waals surface area contributed by atoms with Crippen LogP contribution in [-0.2, 0) is 26.5 Å². The van der Waals surface area contributed by atoms with Crippen molar-refractivity contribution in [2.45, 2.75) is 155 Å². The molecule has 0 radical (unpaired) electrons. The minimum absolute atomic E-state index is 0.0141. The lowest BCUT2D eigenvalue weighted by Crippen LogP contribution is -2.51. The predicted octanol–water partition coefficient (Wildman–Crippen LogP) is 12.7. The standard InChI is InChI=1S/C60H84N2O7/c1-41(2)15-14-16-42(3)51-30-31-52-50-29-24-46-37-49(32-34-58(46,4)53(50)33-35-59(51,52)5)69-57(65)61-36-13-9-12-19-56(64)62-38-54(55(63)39-62)60(44-17-10-8-11-18-44,45-22-27-48(67-7)28-23-45)68-40-43-20-25-47(66-6)26-21-43/h8,10-11,17-18,20-28,41-42,49-55,63H,9,12-16,19,29-40H2,1-7H3,(H,61,65). The van der Waals surface area contributed by atoms with Crippen molar-refractivity contribution in [3.05, 3.63) is 107 Å². The van der Waals surface area contributed by atoms with Crippen LogP contribution in [0, 0.1) is 52.3 Å². The number of methoxy groups -OCH3 is 2. The van der Waals surface area contributed by atoms with Gasteiger partial charge in [-0.3, -0.25) is 4.79 Å². The van der Waals surface area contributed by atoms with Crippen molar-refractivity contribution in [2.75, 3.05) is 33.9 Å². The highest BCUT2D eigenvalue weighted by Crippen LogP contribution is 2.67. The first-order chi connectivity index (χ1) is 33.3. The Morgan fingerprint density at radius 2 is 1.51 bits per heavy atom. The van der Waals surface area contributed by atoms with Gasteiger partial charge in [-0.05, 0) is 145 Å². The second kappa shape index (κ2) is 22.4. The largest absolute Gasteiger partial charge is 0.497 e. The summed E-state index contributed by atoms with van der Waals surface area (Å²) in [7, 11) is 3.29. The third-order valence-corrected chi connectivity index (χ3v) is 18.4. The van der Waals surface area contributed by atoms with Crippen LogP contribution in [0.4, 0.5) is 4.79 Å². The molecule has 3 aromatic carbocycles. The summed E-state index contributed by atoms with van der Waals surface area (Å²) in [6, 6.07) is 25.7. The molecule has 69 heavy (non-hydrogen) atoms. The molecule has 1 aliphatic heterocycles. The number of aliphatic hydroxyl groups excluding tert-OH is 1. The number of rotatable bonds is 20. The number of carbonyl (C=O) groups is 2. The molecule has 0 bridgehead atoms. The maximum absolute atomic E-state index is 13.8. The summed E-state index contributed by atoms with van der Waals surface area (Å²) in [6.45, 7) is 13.9. The third-order valence-electron chi connectivity index (χ3n) is 18.4. The highest BCUT2D eigenvalue weighted by Gasteiger charge is 2.59. The van der Waals surface area contributed by atoms with Gasteiger partial charge in [0.25, 0.3) is 0 Å². The molecular weight excluding hydrogens is 861 g/mol. The molecule has 2 amide bonds. The molecule has 11 unspecified atom stereocenters. The molecule has 4 fully saturated rings. The van der Waals surface area contributed by atoms with Gasteiger partial charge in [0, 0.05) is 38.4 Å². The van der Waals surface area contributed by atoms with E-state index in [1.807, 2.05) is 78.9 Å². The molecule has 2 N–H and O–H groups in total. The van der Waals surface area contributed by atoms with Gasteiger partial charge in [-0.2, -0.15) is 0 Å². The van der Waals surface area contributed by atoms with Crippen molar-refractivity contribution >= 4 is 12.0 Å². The van der Waals surface area contributed by atoms with E-state index in [1.165, 1.54) is 51.4 Å². The number of amides is 2. The van der Waals surface area contributed by atoms with Crippen molar-refractivity contribution in [1.82, 2.24) is 10.2 Å². The Bertz CT molecular complexity index is 2180. The smallest absolute Gasteiger partial charge is 0.407 e. The molecule has 1 heterocycles. The van der Waals surface area contributed by atoms with Crippen LogP contribution in [0.15, 0.2) is 90.5 Å². The Morgan fingerprint density at radius 1 is 0.797 bits per heavy atom. The van der Waals surface area contributed by atoms with E-state index in [4.69, 9.17) is 18.9 Å². The number of unbranched alkanes of at least 4 members (excludes halogenated alkanes) is 2. The third kappa shape index (κ3) is 11.0. The molecule has 1 saturated heterocycles. The first-order valence-corrected chi connectivity index (χ1v) is 26.9. The summed E-state index contributed by atoms with van der Waals surface area (Å²) in [4.78, 5) is 28.7. The second-order valence-corrected chi connectivity index (χ2v) is 22.7. The number of benzene rings is 3. The van der Waals surface area contributed by atoms with Crippen LogP contribution in [0.2, 0.25) is 0 Å². The lowest BCUT2D eigenvalue weighted by molar-refractivity contribution is -0.131. The Hall–Kier alpha value is -4.34. The SMILES string of the molecule is COc1ccc(COC(c2ccccc2)(c2ccc(OC)cc2)C2CN(C(=O)CCCCCNC(=O)OC3CCC4(C)C(=CCC5C4CCC4(C)C(C(C)CCCC(C)C)CCC54)C3)CC2O)cc1. The minimum Gasteiger partial charge on any atom is -0.497 e. The molecule has 9 nitrogen and oxygen atoms in total. The highest BCUT2D eigenvalue weighted by atomic mass is 16.6. The Labute approximate surface area is 414 Å². The summed E-state index contributed by atoms with van der Waals surface area (Å²) in [5, 5.41) is 14.9. The maximum Gasteiger partial charge on any atom is 0.407 e. The van der Waals surface area contributed by atoms with Crippen LogP contribution in [0.25, 0.3) is 0 Å². The number of β-amino-alcohol motifs (C(OH)–C–C–N with tert-alkyl or cyclic N) is 1. The van der Waals surface area contributed by atoms with Crippen LogP contribution in [0.5, 0.6) is 11.5 Å². The zero-order valence-corrected chi connectivity index (χ0v) is 43.1. The van der Waals surface area contributed by atoms with Gasteiger partial charge >= 0.3 is 6.09 Å². The molecule has 4 aliphatic carbocycles. The Kier molecular flexibility index (Phi) is 16.6. The van der Waals surface area contributed by atoms with Gasteiger partial charge in [0.1, 0.15) is 23.2 Å². The number of hydrogen-bond donors (Lipinski definition) is 2. The van der Waals surface area contributed by atoms with Gasteiger partial charge in [0.05, 0.1) is 26.9 Å². The summed E-state index contributed by atoms with van der Waals surface area (Å²) < 4.78 is 24.1. The molecule has 11 atom stereocenters. The lowest BCUT2D eigenvalue weighted by atomic mass is 9.47. The number of aliphatic hydroxyl groups is 1. The average molecular weight is 945 g/mol. The number of fused-ring (bicyclic) bond motifs is 5. The fourth-order valence-corrected chi connectivity index (χ4v) is 14.6. The molecule has 3 aromatic rings. The predicted molar refractivity (Wildman–Crippen MR) is 274 cm³/mol. The fourth-order valence-electron chi connectivity index (χ4n) is 14.6. The van der Waals surface area contributed by atoms with E-state index >= 15 is 0 Å². The topological polar surface area (TPSA) is 107 Å². The number of nitrogens with zero attached hydrogens (tertiary/aromatic N) is 1. The molecule has 9 heteroatoms. The van der Waals surface area contributed by atoms with Crippen molar-refractivity contribution in [1.29, 1.82) is 0 Å².